The number of halogens is 1. The summed E-state index contributed by atoms with van der Waals surface area (Å²) < 4.78 is 6.51. The zero-order chi connectivity index (χ0) is 17.7. The second-order valence-corrected chi connectivity index (χ2v) is 7.58. The van der Waals surface area contributed by atoms with E-state index in [0.29, 0.717) is 6.42 Å². The average Bonchev–Trinajstić information content (AvgIpc) is 2.67. The molecule has 1 heterocycles. The predicted octanol–water partition coefficient (Wildman–Crippen LogP) is 4.16. The van der Waals surface area contributed by atoms with Gasteiger partial charge < -0.3 is 9.84 Å². The van der Waals surface area contributed by atoms with Gasteiger partial charge in [-0.15, -0.1) is 0 Å². The van der Waals surface area contributed by atoms with Gasteiger partial charge in [-0.1, -0.05) is 65.3 Å². The summed E-state index contributed by atoms with van der Waals surface area (Å²) in [4.78, 5) is 2.40. The Hall–Kier alpha value is -1.20. The van der Waals surface area contributed by atoms with E-state index >= 15 is 0 Å². The average molecular weight is 404 g/mol. The van der Waals surface area contributed by atoms with E-state index in [9.17, 15) is 5.11 Å². The third-order valence-corrected chi connectivity index (χ3v) is 5.73. The topological polar surface area (TPSA) is 32.7 Å². The number of hydrogen-bond acceptors (Lipinski definition) is 3. The summed E-state index contributed by atoms with van der Waals surface area (Å²) in [5.74, 6) is 0.0120. The fraction of sp³-hybridized carbons (Fsp3) is 0.429. The second kappa shape index (κ2) is 8.45. The van der Waals surface area contributed by atoms with Crippen LogP contribution in [0.5, 0.6) is 0 Å². The van der Waals surface area contributed by atoms with E-state index in [0.717, 1.165) is 42.9 Å². The Morgan fingerprint density at radius 1 is 1.08 bits per heavy atom. The zero-order valence-corrected chi connectivity index (χ0v) is 16.3. The Morgan fingerprint density at radius 3 is 2.32 bits per heavy atom. The first-order valence-electron chi connectivity index (χ1n) is 8.97. The van der Waals surface area contributed by atoms with Crippen molar-refractivity contribution in [3.63, 3.8) is 0 Å². The number of morpholine rings is 1. The van der Waals surface area contributed by atoms with Crippen LogP contribution in [0.3, 0.4) is 0 Å². The van der Waals surface area contributed by atoms with Crippen LogP contribution in [0.1, 0.15) is 30.4 Å². The van der Waals surface area contributed by atoms with Gasteiger partial charge in [-0.05, 0) is 29.7 Å². The molecule has 3 rings (SSSR count). The molecular weight excluding hydrogens is 378 g/mol. The maximum atomic E-state index is 11.8. The van der Waals surface area contributed by atoms with E-state index in [4.69, 9.17) is 4.74 Å². The molecule has 2 unspecified atom stereocenters. The molecule has 2 aromatic rings. The van der Waals surface area contributed by atoms with Crippen LogP contribution in [0.15, 0.2) is 59.1 Å². The largest absolute Gasteiger partial charge is 0.384 e. The van der Waals surface area contributed by atoms with Crippen molar-refractivity contribution in [3.05, 3.63) is 70.2 Å². The van der Waals surface area contributed by atoms with E-state index in [1.807, 2.05) is 30.3 Å². The minimum atomic E-state index is -0.902. The first kappa shape index (κ1) is 18.6. The molecule has 0 aliphatic carbocycles. The van der Waals surface area contributed by atoms with E-state index in [-0.39, 0.29) is 5.92 Å². The minimum Gasteiger partial charge on any atom is -0.384 e. The molecule has 2 aromatic carbocycles. The Balaban J connectivity index is 1.96. The van der Waals surface area contributed by atoms with Crippen molar-refractivity contribution in [2.75, 3.05) is 32.8 Å². The second-order valence-electron chi connectivity index (χ2n) is 6.66. The van der Waals surface area contributed by atoms with Crippen LogP contribution >= 0.6 is 15.9 Å². The highest BCUT2D eigenvalue weighted by atomic mass is 79.9. The van der Waals surface area contributed by atoms with Crippen LogP contribution in [0.2, 0.25) is 0 Å². The highest BCUT2D eigenvalue weighted by Gasteiger charge is 2.39. The van der Waals surface area contributed by atoms with Crippen molar-refractivity contribution in [1.82, 2.24) is 4.90 Å². The van der Waals surface area contributed by atoms with Crippen molar-refractivity contribution in [2.24, 2.45) is 0 Å². The maximum Gasteiger partial charge on any atom is 0.0974 e. The highest BCUT2D eigenvalue weighted by molar-refractivity contribution is 9.10. The van der Waals surface area contributed by atoms with Gasteiger partial charge in [-0.2, -0.15) is 0 Å². The maximum absolute atomic E-state index is 11.8. The molecule has 25 heavy (non-hydrogen) atoms. The van der Waals surface area contributed by atoms with Crippen molar-refractivity contribution >= 4 is 15.9 Å². The van der Waals surface area contributed by atoms with Gasteiger partial charge in [0.2, 0.25) is 0 Å². The lowest BCUT2D eigenvalue weighted by Crippen LogP contribution is -2.44. The van der Waals surface area contributed by atoms with Gasteiger partial charge in [0, 0.05) is 30.0 Å². The number of nitrogens with zero attached hydrogens (tertiary/aromatic N) is 1. The lowest BCUT2D eigenvalue weighted by Gasteiger charge is -2.40. The molecule has 0 amide bonds. The first-order chi connectivity index (χ1) is 12.1. The summed E-state index contributed by atoms with van der Waals surface area (Å²) in [5.41, 5.74) is 1.25. The van der Waals surface area contributed by atoms with Gasteiger partial charge in [0.15, 0.2) is 0 Å². The molecule has 3 nitrogen and oxygen atoms in total. The summed E-state index contributed by atoms with van der Waals surface area (Å²) in [6.45, 7) is 6.27. The Bertz CT molecular complexity index is 655. The van der Waals surface area contributed by atoms with Gasteiger partial charge in [0.05, 0.1) is 18.8 Å². The lowest BCUT2D eigenvalue weighted by molar-refractivity contribution is -0.0250. The van der Waals surface area contributed by atoms with Gasteiger partial charge in [-0.25, -0.2) is 0 Å². The van der Waals surface area contributed by atoms with E-state index in [2.05, 4.69) is 52.0 Å². The quantitative estimate of drug-likeness (QED) is 0.785. The fourth-order valence-corrected chi connectivity index (χ4v) is 3.91. The van der Waals surface area contributed by atoms with E-state index < -0.39 is 5.60 Å². The molecule has 134 valence electrons. The van der Waals surface area contributed by atoms with Crippen LogP contribution in [0, 0.1) is 0 Å². The van der Waals surface area contributed by atoms with Crippen molar-refractivity contribution < 1.29 is 9.84 Å². The summed E-state index contributed by atoms with van der Waals surface area (Å²) in [6.07, 6.45) is 0.665. The van der Waals surface area contributed by atoms with Crippen molar-refractivity contribution in [3.8, 4) is 0 Å². The first-order valence-corrected chi connectivity index (χ1v) is 9.76. The molecule has 1 saturated heterocycles. The highest BCUT2D eigenvalue weighted by Crippen LogP contribution is 2.40. The Morgan fingerprint density at radius 2 is 1.72 bits per heavy atom. The fourth-order valence-electron chi connectivity index (χ4n) is 3.65. The standard InChI is InChI=1S/C21H26BrNO2/c1-2-21(24,18-8-10-19(22)11-9-18)20(17-6-4-3-5-7-17)16-23-12-14-25-15-13-23/h3-11,20,24H,2,12-16H2,1H3. The molecule has 4 heteroatoms. The number of aliphatic hydroxyl groups is 1. The van der Waals surface area contributed by atoms with Gasteiger partial charge in [0.25, 0.3) is 0 Å². The molecule has 1 aliphatic heterocycles. The lowest BCUT2D eigenvalue weighted by atomic mass is 9.75. The van der Waals surface area contributed by atoms with E-state index in [1.165, 1.54) is 5.56 Å². The van der Waals surface area contributed by atoms with Gasteiger partial charge in [-0.3, -0.25) is 4.90 Å². The van der Waals surface area contributed by atoms with Crippen LogP contribution in [-0.4, -0.2) is 42.9 Å². The smallest absolute Gasteiger partial charge is 0.0974 e. The monoisotopic (exact) mass is 403 g/mol. The number of benzene rings is 2. The zero-order valence-electron chi connectivity index (χ0n) is 14.7. The number of ether oxygens (including phenoxy) is 1. The SMILES string of the molecule is CCC(O)(c1ccc(Br)cc1)C(CN1CCOCC1)c1ccccc1. The third-order valence-electron chi connectivity index (χ3n) is 5.21. The minimum absolute atomic E-state index is 0.0120. The van der Waals surface area contributed by atoms with Gasteiger partial charge >= 0.3 is 0 Å². The van der Waals surface area contributed by atoms with Crippen molar-refractivity contribution in [2.45, 2.75) is 24.9 Å². The summed E-state index contributed by atoms with van der Waals surface area (Å²) in [5, 5.41) is 11.8. The molecule has 0 aromatic heterocycles. The Kier molecular flexibility index (Phi) is 6.29. The normalized spacial score (nSPS) is 19.3. The molecule has 2 atom stereocenters. The summed E-state index contributed by atoms with van der Waals surface area (Å²) >= 11 is 3.49. The van der Waals surface area contributed by atoms with E-state index in [1.54, 1.807) is 0 Å². The Labute approximate surface area is 158 Å². The van der Waals surface area contributed by atoms with Gasteiger partial charge in [0.1, 0.15) is 0 Å². The molecule has 0 bridgehead atoms. The molecule has 0 spiro atoms. The van der Waals surface area contributed by atoms with Crippen LogP contribution in [-0.2, 0) is 10.3 Å². The van der Waals surface area contributed by atoms with Crippen LogP contribution in [0.25, 0.3) is 0 Å². The summed E-state index contributed by atoms with van der Waals surface area (Å²) in [6, 6.07) is 18.5. The molecule has 1 aliphatic rings. The molecule has 0 saturated carbocycles. The molecular formula is C21H26BrNO2. The van der Waals surface area contributed by atoms with Crippen molar-refractivity contribution in [1.29, 1.82) is 0 Å². The number of rotatable bonds is 6. The van der Waals surface area contributed by atoms with Crippen LogP contribution in [0.4, 0.5) is 0 Å². The third kappa shape index (κ3) is 4.32. The summed E-state index contributed by atoms with van der Waals surface area (Å²) in [7, 11) is 0. The molecule has 0 radical (unpaired) electrons. The van der Waals surface area contributed by atoms with Crippen LogP contribution < -0.4 is 0 Å². The number of hydrogen-bond donors (Lipinski definition) is 1. The molecule has 1 N–H and O–H groups in total. The molecule has 1 fully saturated rings. The predicted molar refractivity (Wildman–Crippen MR) is 105 cm³/mol.